The first-order valence-electron chi connectivity index (χ1n) is 6.54. The fourth-order valence-electron chi connectivity index (χ4n) is 1.89. The van der Waals surface area contributed by atoms with Gasteiger partial charge in [-0.25, -0.2) is 0 Å². The van der Waals surface area contributed by atoms with Crippen molar-refractivity contribution >= 4 is 33.7 Å². The maximum absolute atomic E-state index is 11.6. The van der Waals surface area contributed by atoms with Crippen molar-refractivity contribution in [3.8, 4) is 0 Å². The quantitative estimate of drug-likeness (QED) is 0.370. The van der Waals surface area contributed by atoms with E-state index in [9.17, 15) is 22.6 Å². The third kappa shape index (κ3) is 5.20. The Morgan fingerprint density at radius 1 is 1.43 bits per heavy atom. The zero-order valence-electron chi connectivity index (χ0n) is 12.6. The Kier molecular flexibility index (Phi) is 6.07. The Balaban J connectivity index is 3.29. The lowest BCUT2D eigenvalue weighted by Crippen LogP contribution is -2.43. The maximum Gasteiger partial charge on any atom is 0.305 e. The van der Waals surface area contributed by atoms with Crippen molar-refractivity contribution in [2.75, 3.05) is 24.3 Å². The highest BCUT2D eigenvalue weighted by molar-refractivity contribution is 7.86. The van der Waals surface area contributed by atoms with Crippen LogP contribution in [0, 0.1) is 0 Å². The molecule has 0 amide bonds. The van der Waals surface area contributed by atoms with Crippen LogP contribution in [0.4, 0.5) is 11.4 Å². The maximum atomic E-state index is 11.6. The van der Waals surface area contributed by atoms with E-state index in [1.807, 2.05) is 0 Å². The van der Waals surface area contributed by atoms with E-state index in [4.69, 9.17) is 10.8 Å². The fraction of sp³-hybridized carbons (Fsp3) is 0.385. The molecule has 0 heterocycles. The molecule has 2 atom stereocenters. The van der Waals surface area contributed by atoms with E-state index in [0.717, 1.165) is 0 Å². The summed E-state index contributed by atoms with van der Waals surface area (Å²) in [5.41, 5.74) is 6.01. The summed E-state index contributed by atoms with van der Waals surface area (Å²) in [4.78, 5) is 22.9. The third-order valence-corrected chi connectivity index (χ3v) is 4.01. The molecule has 0 radical (unpaired) electrons. The van der Waals surface area contributed by atoms with Crippen LogP contribution in [0.15, 0.2) is 23.1 Å². The van der Waals surface area contributed by atoms with Crippen LogP contribution >= 0.6 is 0 Å². The van der Waals surface area contributed by atoms with Crippen molar-refractivity contribution < 1.29 is 27.7 Å². The highest BCUT2D eigenvalue weighted by Crippen LogP contribution is 2.27. The zero-order valence-corrected chi connectivity index (χ0v) is 13.4. The number of anilines is 2. The summed E-state index contributed by atoms with van der Waals surface area (Å²) in [6.45, 7) is 0. The van der Waals surface area contributed by atoms with E-state index in [1.54, 1.807) is 25.1 Å². The molecule has 0 saturated carbocycles. The van der Waals surface area contributed by atoms with Gasteiger partial charge in [0.1, 0.15) is 11.2 Å². The molecule has 0 bridgehead atoms. The van der Waals surface area contributed by atoms with E-state index in [-0.39, 0.29) is 5.69 Å². The number of hydrogen-bond acceptors (Lipinski definition) is 7. The average molecular weight is 345 g/mol. The van der Waals surface area contributed by atoms with Gasteiger partial charge in [0, 0.05) is 19.8 Å². The molecule has 1 aromatic carbocycles. The monoisotopic (exact) mass is 345 g/mol. The Bertz CT molecular complexity index is 689. The molecule has 0 aliphatic rings. The van der Waals surface area contributed by atoms with Crippen LogP contribution in [0.1, 0.15) is 6.42 Å². The molecule has 10 heteroatoms. The summed E-state index contributed by atoms with van der Waals surface area (Å²) in [5.74, 6) is -1.21. The number of carboxylic acid groups (broad SMARTS) is 1. The molecular formula is C13H19N3O6S. The van der Waals surface area contributed by atoms with Gasteiger partial charge < -0.3 is 25.9 Å². The van der Waals surface area contributed by atoms with Crippen LogP contribution in [0.3, 0.4) is 0 Å². The summed E-state index contributed by atoms with van der Waals surface area (Å²) in [6, 6.07) is 1.97. The molecule has 0 fully saturated rings. The molecule has 1 unspecified atom stereocenters. The molecule has 0 spiro atoms. The van der Waals surface area contributed by atoms with Crippen LogP contribution in [-0.2, 0) is 19.7 Å². The normalized spacial score (nSPS) is 13.9. The first kappa shape index (κ1) is 18.9. The lowest BCUT2D eigenvalue weighted by Gasteiger charge is -2.23. The van der Waals surface area contributed by atoms with Crippen molar-refractivity contribution in [2.24, 2.45) is 5.73 Å². The molecule has 9 nitrogen and oxygen atoms in total. The minimum absolute atomic E-state index is 0.0401. The number of carbonyl (C=O) groups is 2. The van der Waals surface area contributed by atoms with Gasteiger partial charge >= 0.3 is 5.97 Å². The number of nitrogens with one attached hydrogen (secondary N) is 1. The lowest BCUT2D eigenvalue weighted by atomic mass is 10.1. The van der Waals surface area contributed by atoms with Gasteiger partial charge in [0.05, 0.1) is 24.2 Å². The SMILES string of the molecule is CN(C)c1ccc(NC(CC(=O)O)[C@H](N)C=O)c(S(=O)(=O)O)c1. The number of aldehydes is 1. The lowest BCUT2D eigenvalue weighted by molar-refractivity contribution is -0.137. The van der Waals surface area contributed by atoms with Crippen molar-refractivity contribution in [1.29, 1.82) is 0 Å². The van der Waals surface area contributed by atoms with Crippen molar-refractivity contribution in [1.82, 2.24) is 0 Å². The van der Waals surface area contributed by atoms with Gasteiger partial charge in [-0.1, -0.05) is 0 Å². The molecule has 5 N–H and O–H groups in total. The zero-order chi connectivity index (χ0) is 17.8. The Morgan fingerprint density at radius 3 is 2.48 bits per heavy atom. The molecule has 0 aliphatic heterocycles. The smallest absolute Gasteiger partial charge is 0.305 e. The largest absolute Gasteiger partial charge is 0.481 e. The predicted octanol–water partition coefficient (Wildman–Crippen LogP) is -0.219. The number of aliphatic carboxylic acids is 1. The van der Waals surface area contributed by atoms with E-state index >= 15 is 0 Å². The van der Waals surface area contributed by atoms with E-state index < -0.39 is 39.5 Å². The van der Waals surface area contributed by atoms with Gasteiger partial charge in [-0.2, -0.15) is 8.42 Å². The average Bonchev–Trinajstić information content (AvgIpc) is 2.44. The summed E-state index contributed by atoms with van der Waals surface area (Å²) < 4.78 is 32.5. The number of benzene rings is 1. The number of nitrogens with zero attached hydrogens (tertiary/aromatic N) is 1. The number of carbonyl (C=O) groups excluding carboxylic acids is 1. The molecule has 0 saturated heterocycles. The summed E-state index contributed by atoms with van der Waals surface area (Å²) >= 11 is 0. The van der Waals surface area contributed by atoms with Crippen LogP contribution in [0.2, 0.25) is 0 Å². The van der Waals surface area contributed by atoms with Gasteiger partial charge in [0.2, 0.25) is 0 Å². The number of carboxylic acids is 1. The third-order valence-electron chi connectivity index (χ3n) is 3.12. The van der Waals surface area contributed by atoms with Crippen molar-refractivity contribution in [3.05, 3.63) is 18.2 Å². The fourth-order valence-corrected chi connectivity index (χ4v) is 2.56. The molecule has 128 valence electrons. The first-order valence-corrected chi connectivity index (χ1v) is 7.98. The number of nitrogens with two attached hydrogens (primary N) is 1. The standard InChI is InChI=1S/C13H19N3O6S/c1-16(2)8-3-4-10(12(5-8)23(20,21)22)15-11(6-13(18)19)9(14)7-17/h3-5,7,9,11,15H,6,14H2,1-2H3,(H,18,19)(H,20,21,22)/t9-,11?/m1/s1. The first-order chi connectivity index (χ1) is 10.6. The van der Waals surface area contributed by atoms with Gasteiger partial charge in [-0.15, -0.1) is 0 Å². The molecular weight excluding hydrogens is 326 g/mol. The molecule has 1 rings (SSSR count). The minimum Gasteiger partial charge on any atom is -0.481 e. The highest BCUT2D eigenvalue weighted by Gasteiger charge is 2.24. The van der Waals surface area contributed by atoms with Crippen molar-refractivity contribution in [2.45, 2.75) is 23.4 Å². The molecule has 1 aromatic rings. The van der Waals surface area contributed by atoms with E-state index in [2.05, 4.69) is 5.32 Å². The van der Waals surface area contributed by atoms with Crippen LogP contribution in [0.25, 0.3) is 0 Å². The van der Waals surface area contributed by atoms with E-state index in [1.165, 1.54) is 12.1 Å². The topological polar surface area (TPSA) is 150 Å². The van der Waals surface area contributed by atoms with Crippen LogP contribution < -0.4 is 16.0 Å². The van der Waals surface area contributed by atoms with Gasteiger partial charge in [-0.3, -0.25) is 9.35 Å². The van der Waals surface area contributed by atoms with Crippen molar-refractivity contribution in [3.63, 3.8) is 0 Å². The second-order valence-corrected chi connectivity index (χ2v) is 6.50. The summed E-state index contributed by atoms with van der Waals surface area (Å²) in [6.07, 6.45) is -0.137. The number of hydrogen-bond donors (Lipinski definition) is 4. The molecule has 23 heavy (non-hydrogen) atoms. The van der Waals surface area contributed by atoms with Gasteiger partial charge in [-0.05, 0) is 18.2 Å². The van der Waals surface area contributed by atoms with Crippen LogP contribution in [0.5, 0.6) is 0 Å². The number of rotatable bonds is 8. The van der Waals surface area contributed by atoms with E-state index in [0.29, 0.717) is 12.0 Å². The summed E-state index contributed by atoms with van der Waals surface area (Å²) in [7, 11) is -1.19. The Labute approximate surface area is 133 Å². The van der Waals surface area contributed by atoms with Gasteiger partial charge in [0.25, 0.3) is 10.1 Å². The minimum atomic E-state index is -4.56. The van der Waals surface area contributed by atoms with Gasteiger partial charge in [0.15, 0.2) is 0 Å². The van der Waals surface area contributed by atoms with Crippen LogP contribution in [-0.4, -0.2) is 56.5 Å². The Hall–Kier alpha value is -2.17. The second-order valence-electron chi connectivity index (χ2n) is 5.11. The second kappa shape index (κ2) is 7.40. The molecule has 0 aliphatic carbocycles. The highest BCUT2D eigenvalue weighted by atomic mass is 32.2. The predicted molar refractivity (Wildman–Crippen MR) is 84.3 cm³/mol. The summed E-state index contributed by atoms with van der Waals surface area (Å²) in [5, 5.41) is 11.5. The Morgan fingerprint density at radius 2 is 2.04 bits per heavy atom. The molecule has 0 aromatic heterocycles.